The van der Waals surface area contributed by atoms with E-state index in [0.29, 0.717) is 11.3 Å². The number of pyridine rings is 1. The topological polar surface area (TPSA) is 51.3 Å². The number of hydrogen-bond acceptors (Lipinski definition) is 3. The van der Waals surface area contributed by atoms with Crippen LogP contribution in [0.25, 0.3) is 10.9 Å². The maximum atomic E-state index is 11.6. The van der Waals surface area contributed by atoms with Crippen molar-refractivity contribution >= 4 is 10.9 Å². The van der Waals surface area contributed by atoms with Crippen LogP contribution in [0.15, 0.2) is 23.0 Å². The Kier molecular flexibility index (Phi) is 3.04. The fraction of sp³-hybridized carbons (Fsp3) is 0.308. The van der Waals surface area contributed by atoms with Gasteiger partial charge in [0.1, 0.15) is 11.5 Å². The Morgan fingerprint density at radius 2 is 1.82 bits per heavy atom. The Morgan fingerprint density at radius 3 is 2.41 bits per heavy atom. The molecule has 0 amide bonds. The smallest absolute Gasteiger partial charge is 0.248 e. The fourth-order valence-electron chi connectivity index (χ4n) is 2.02. The van der Waals surface area contributed by atoms with Crippen LogP contribution in [0.2, 0.25) is 0 Å². The summed E-state index contributed by atoms with van der Waals surface area (Å²) < 4.78 is 10.6. The van der Waals surface area contributed by atoms with E-state index in [4.69, 9.17) is 9.47 Å². The van der Waals surface area contributed by atoms with Crippen LogP contribution in [0.3, 0.4) is 0 Å². The molecule has 1 heterocycles. The van der Waals surface area contributed by atoms with Crippen molar-refractivity contribution < 1.29 is 9.47 Å². The van der Waals surface area contributed by atoms with Crippen LogP contribution < -0.4 is 15.0 Å². The molecule has 17 heavy (non-hydrogen) atoms. The lowest BCUT2D eigenvalue weighted by Crippen LogP contribution is -2.07. The Hall–Kier alpha value is -1.97. The number of H-pyrrole nitrogens is 1. The molecule has 0 bridgehead atoms. The summed E-state index contributed by atoms with van der Waals surface area (Å²) in [5, 5.41) is 0.911. The van der Waals surface area contributed by atoms with Crippen LogP contribution in [-0.2, 0) is 6.42 Å². The molecule has 2 aromatic rings. The minimum absolute atomic E-state index is 0.124. The van der Waals surface area contributed by atoms with Gasteiger partial charge in [-0.3, -0.25) is 4.79 Å². The number of ether oxygens (including phenoxy) is 2. The summed E-state index contributed by atoms with van der Waals surface area (Å²) in [5.74, 6) is 1.39. The molecule has 4 heteroatoms. The third-order valence-corrected chi connectivity index (χ3v) is 2.82. The van der Waals surface area contributed by atoms with Crippen LogP contribution in [0.4, 0.5) is 0 Å². The number of nitrogens with one attached hydrogen (secondary N) is 1. The zero-order chi connectivity index (χ0) is 12.4. The minimum atomic E-state index is -0.124. The van der Waals surface area contributed by atoms with E-state index in [1.165, 1.54) is 0 Å². The zero-order valence-corrected chi connectivity index (χ0v) is 10.2. The van der Waals surface area contributed by atoms with Crippen molar-refractivity contribution in [2.45, 2.75) is 13.3 Å². The van der Waals surface area contributed by atoms with E-state index in [0.717, 1.165) is 23.1 Å². The van der Waals surface area contributed by atoms with Gasteiger partial charge in [0.15, 0.2) is 0 Å². The van der Waals surface area contributed by atoms with Gasteiger partial charge in [0.2, 0.25) is 5.56 Å². The van der Waals surface area contributed by atoms with E-state index in [-0.39, 0.29) is 5.56 Å². The van der Waals surface area contributed by atoms with E-state index in [2.05, 4.69) is 4.98 Å². The molecule has 1 aromatic heterocycles. The minimum Gasteiger partial charge on any atom is -0.496 e. The highest BCUT2D eigenvalue weighted by Gasteiger charge is 2.11. The lowest BCUT2D eigenvalue weighted by Gasteiger charge is -2.12. The third-order valence-electron chi connectivity index (χ3n) is 2.82. The molecule has 0 saturated carbocycles. The van der Waals surface area contributed by atoms with Gasteiger partial charge in [0, 0.05) is 11.5 Å². The number of hydrogen-bond donors (Lipinski definition) is 1. The van der Waals surface area contributed by atoms with Gasteiger partial charge in [0.05, 0.1) is 19.7 Å². The summed E-state index contributed by atoms with van der Waals surface area (Å²) in [7, 11) is 3.20. The Bertz CT molecular complexity index is 601. The summed E-state index contributed by atoms with van der Waals surface area (Å²) in [5.41, 5.74) is 1.52. The summed E-state index contributed by atoms with van der Waals surface area (Å²) in [6.45, 7) is 2.01. The molecule has 2 rings (SSSR count). The largest absolute Gasteiger partial charge is 0.496 e. The van der Waals surface area contributed by atoms with Crippen molar-refractivity contribution in [3.05, 3.63) is 34.1 Å². The standard InChI is InChI=1S/C13H15NO3/c1-4-8-7-11(15)14-13-10(17-3)6-5-9(16-2)12(8)13/h5-7H,4H2,1-3H3,(H,14,15). The molecule has 4 nitrogen and oxygen atoms in total. The van der Waals surface area contributed by atoms with Gasteiger partial charge < -0.3 is 14.5 Å². The van der Waals surface area contributed by atoms with Crippen LogP contribution >= 0.6 is 0 Å². The molecule has 0 unspecified atom stereocenters. The molecule has 0 spiro atoms. The molecule has 0 fully saturated rings. The molecule has 0 aliphatic carbocycles. The average Bonchev–Trinajstić information content (AvgIpc) is 2.36. The van der Waals surface area contributed by atoms with Gasteiger partial charge in [-0.1, -0.05) is 6.92 Å². The molecular formula is C13H15NO3. The predicted octanol–water partition coefficient (Wildman–Crippen LogP) is 2.11. The van der Waals surface area contributed by atoms with Gasteiger partial charge in [-0.15, -0.1) is 0 Å². The third kappa shape index (κ3) is 1.86. The number of aryl methyl sites for hydroxylation is 1. The second-order valence-electron chi connectivity index (χ2n) is 3.73. The highest BCUT2D eigenvalue weighted by Crippen LogP contribution is 2.33. The average molecular weight is 233 g/mol. The summed E-state index contributed by atoms with van der Waals surface area (Å²) in [6, 6.07) is 5.24. The molecule has 0 saturated heterocycles. The lowest BCUT2D eigenvalue weighted by atomic mass is 10.1. The number of methoxy groups -OCH3 is 2. The molecule has 0 aliphatic heterocycles. The molecule has 1 aromatic carbocycles. The second-order valence-corrected chi connectivity index (χ2v) is 3.73. The number of rotatable bonds is 3. The quantitative estimate of drug-likeness (QED) is 0.883. The highest BCUT2D eigenvalue weighted by atomic mass is 16.5. The van der Waals surface area contributed by atoms with Crippen LogP contribution in [0, 0.1) is 0 Å². The van der Waals surface area contributed by atoms with E-state index in [1.54, 1.807) is 26.4 Å². The van der Waals surface area contributed by atoms with Crippen LogP contribution in [-0.4, -0.2) is 19.2 Å². The van der Waals surface area contributed by atoms with E-state index in [1.807, 2.05) is 13.0 Å². The van der Waals surface area contributed by atoms with Gasteiger partial charge in [-0.25, -0.2) is 0 Å². The lowest BCUT2D eigenvalue weighted by molar-refractivity contribution is 0.409. The maximum absolute atomic E-state index is 11.6. The van der Waals surface area contributed by atoms with Gasteiger partial charge >= 0.3 is 0 Å². The summed E-state index contributed by atoms with van der Waals surface area (Å²) >= 11 is 0. The summed E-state index contributed by atoms with van der Waals surface area (Å²) in [6.07, 6.45) is 0.768. The Morgan fingerprint density at radius 1 is 1.18 bits per heavy atom. The second kappa shape index (κ2) is 4.49. The van der Waals surface area contributed by atoms with Crippen molar-refractivity contribution in [1.82, 2.24) is 4.98 Å². The maximum Gasteiger partial charge on any atom is 0.248 e. The first-order chi connectivity index (χ1) is 8.21. The van der Waals surface area contributed by atoms with E-state index < -0.39 is 0 Å². The molecule has 0 aliphatic rings. The number of fused-ring (bicyclic) bond motifs is 1. The molecule has 0 atom stereocenters. The van der Waals surface area contributed by atoms with Crippen molar-refractivity contribution in [3.63, 3.8) is 0 Å². The van der Waals surface area contributed by atoms with Crippen LogP contribution in [0.5, 0.6) is 11.5 Å². The Balaban J connectivity index is 2.94. The first-order valence-electron chi connectivity index (χ1n) is 5.48. The SMILES string of the molecule is CCc1cc(=O)[nH]c2c(OC)ccc(OC)c12. The Labute approximate surface area is 99.2 Å². The molecular weight excluding hydrogens is 218 g/mol. The predicted molar refractivity (Wildman–Crippen MR) is 67.1 cm³/mol. The summed E-state index contributed by atoms with van der Waals surface area (Å²) in [4.78, 5) is 14.4. The molecule has 1 N–H and O–H groups in total. The first kappa shape index (κ1) is 11.5. The fourth-order valence-corrected chi connectivity index (χ4v) is 2.02. The molecule has 0 radical (unpaired) electrons. The van der Waals surface area contributed by atoms with Crippen molar-refractivity contribution in [1.29, 1.82) is 0 Å². The van der Waals surface area contributed by atoms with E-state index in [9.17, 15) is 4.79 Å². The van der Waals surface area contributed by atoms with Gasteiger partial charge in [-0.2, -0.15) is 0 Å². The van der Waals surface area contributed by atoms with Crippen molar-refractivity contribution in [2.24, 2.45) is 0 Å². The molecule has 90 valence electrons. The number of aromatic nitrogens is 1. The number of benzene rings is 1. The van der Waals surface area contributed by atoms with Crippen molar-refractivity contribution in [2.75, 3.05) is 14.2 Å². The zero-order valence-electron chi connectivity index (χ0n) is 10.2. The monoisotopic (exact) mass is 233 g/mol. The van der Waals surface area contributed by atoms with Gasteiger partial charge in [-0.05, 0) is 24.1 Å². The van der Waals surface area contributed by atoms with Crippen LogP contribution in [0.1, 0.15) is 12.5 Å². The van der Waals surface area contributed by atoms with Gasteiger partial charge in [0.25, 0.3) is 0 Å². The number of aromatic amines is 1. The van der Waals surface area contributed by atoms with E-state index >= 15 is 0 Å². The first-order valence-corrected chi connectivity index (χ1v) is 5.48. The van der Waals surface area contributed by atoms with Crippen molar-refractivity contribution in [3.8, 4) is 11.5 Å². The normalized spacial score (nSPS) is 10.5. The highest BCUT2D eigenvalue weighted by molar-refractivity contribution is 5.92.